The molecule has 1 atom stereocenters. The van der Waals surface area contributed by atoms with Crippen molar-refractivity contribution in [1.82, 2.24) is 10.2 Å². The Balaban J connectivity index is 0.00000264. The molecule has 1 aliphatic rings. The second kappa shape index (κ2) is 10.4. The lowest BCUT2D eigenvalue weighted by Gasteiger charge is -2.35. The lowest BCUT2D eigenvalue weighted by atomic mass is 9.96. The van der Waals surface area contributed by atoms with Gasteiger partial charge in [-0.25, -0.2) is 4.39 Å². The van der Waals surface area contributed by atoms with Crippen LogP contribution in [0, 0.1) is 12.7 Å². The van der Waals surface area contributed by atoms with Crippen LogP contribution in [0.1, 0.15) is 42.9 Å². The number of hydrogen-bond donors (Lipinski definition) is 1. The van der Waals surface area contributed by atoms with E-state index in [4.69, 9.17) is 0 Å². The van der Waals surface area contributed by atoms with E-state index in [1.165, 1.54) is 0 Å². The third-order valence-electron chi connectivity index (χ3n) is 4.33. The number of aryl methyl sites for hydroxylation is 1. The molecule has 1 aromatic rings. The standard InChI is InChI=1S/C18H26BrFN2.ClH/c1-3-4-5-6-7-17(22-10-8-21-9-11-22)16-13-15(19)12-14(2)18(16)20;/h3,12-13,17,21H,1,4-11H2,2H3;1H/t17-;/m1./s1. The number of benzene rings is 1. The minimum absolute atomic E-state index is 0. The molecule has 0 saturated carbocycles. The van der Waals surface area contributed by atoms with Crippen LogP contribution in [-0.4, -0.2) is 31.1 Å². The molecule has 2 rings (SSSR count). The van der Waals surface area contributed by atoms with Crippen molar-refractivity contribution in [2.45, 2.75) is 38.6 Å². The molecule has 1 N–H and O–H groups in total. The summed E-state index contributed by atoms with van der Waals surface area (Å²) in [6, 6.07) is 3.98. The Morgan fingerprint density at radius 1 is 1.35 bits per heavy atom. The van der Waals surface area contributed by atoms with Crippen molar-refractivity contribution < 1.29 is 4.39 Å². The topological polar surface area (TPSA) is 15.3 Å². The average Bonchev–Trinajstić information content (AvgIpc) is 2.52. The van der Waals surface area contributed by atoms with E-state index >= 15 is 0 Å². The predicted molar refractivity (Wildman–Crippen MR) is 102 cm³/mol. The van der Waals surface area contributed by atoms with E-state index in [1.807, 2.05) is 25.1 Å². The fourth-order valence-corrected chi connectivity index (χ4v) is 3.74. The molecule has 0 spiro atoms. The van der Waals surface area contributed by atoms with E-state index in [2.05, 4.69) is 32.7 Å². The van der Waals surface area contributed by atoms with Gasteiger partial charge in [-0.05, 0) is 43.9 Å². The molecule has 130 valence electrons. The number of rotatable bonds is 7. The summed E-state index contributed by atoms with van der Waals surface area (Å²) in [6.45, 7) is 9.56. The summed E-state index contributed by atoms with van der Waals surface area (Å²) in [5.41, 5.74) is 1.56. The summed E-state index contributed by atoms with van der Waals surface area (Å²) < 4.78 is 15.6. The molecule has 0 radical (unpaired) electrons. The molecule has 1 saturated heterocycles. The minimum atomic E-state index is -0.0459. The Hall–Kier alpha value is -0.420. The molecule has 1 aromatic carbocycles. The number of nitrogens with zero attached hydrogens (tertiary/aromatic N) is 1. The average molecular weight is 406 g/mol. The first-order valence-electron chi connectivity index (χ1n) is 8.14. The van der Waals surface area contributed by atoms with Gasteiger partial charge in [0, 0.05) is 42.3 Å². The Morgan fingerprint density at radius 3 is 2.70 bits per heavy atom. The smallest absolute Gasteiger partial charge is 0.130 e. The van der Waals surface area contributed by atoms with Crippen LogP contribution < -0.4 is 5.32 Å². The van der Waals surface area contributed by atoms with Crippen molar-refractivity contribution in [1.29, 1.82) is 0 Å². The highest BCUT2D eigenvalue weighted by Crippen LogP contribution is 2.32. The first-order chi connectivity index (χ1) is 10.6. The Kier molecular flexibility index (Phi) is 9.37. The first kappa shape index (κ1) is 20.6. The van der Waals surface area contributed by atoms with E-state index in [0.717, 1.165) is 67.5 Å². The number of hydrogen-bond acceptors (Lipinski definition) is 2. The van der Waals surface area contributed by atoms with Crippen LogP contribution in [0.2, 0.25) is 0 Å². The number of nitrogens with one attached hydrogen (secondary N) is 1. The van der Waals surface area contributed by atoms with Gasteiger partial charge in [-0.2, -0.15) is 0 Å². The normalized spacial score (nSPS) is 16.7. The number of unbranched alkanes of at least 4 members (excludes halogenated alkanes) is 2. The van der Waals surface area contributed by atoms with Gasteiger partial charge in [0.2, 0.25) is 0 Å². The van der Waals surface area contributed by atoms with Crippen LogP contribution in [0.25, 0.3) is 0 Å². The molecular formula is C18H27BrClFN2. The predicted octanol–water partition coefficient (Wildman–Crippen LogP) is 5.01. The molecule has 5 heteroatoms. The van der Waals surface area contributed by atoms with E-state index in [0.29, 0.717) is 0 Å². The van der Waals surface area contributed by atoms with E-state index in [1.54, 1.807) is 0 Å². The molecular weight excluding hydrogens is 379 g/mol. The van der Waals surface area contributed by atoms with Gasteiger partial charge in [0.1, 0.15) is 5.82 Å². The minimum Gasteiger partial charge on any atom is -0.314 e. The highest BCUT2D eigenvalue weighted by atomic mass is 79.9. The third-order valence-corrected chi connectivity index (χ3v) is 4.79. The van der Waals surface area contributed by atoms with Crippen LogP contribution in [-0.2, 0) is 0 Å². The van der Waals surface area contributed by atoms with Gasteiger partial charge in [-0.1, -0.05) is 28.4 Å². The second-order valence-corrected chi connectivity index (χ2v) is 6.92. The van der Waals surface area contributed by atoms with Crippen LogP contribution in [0.15, 0.2) is 29.3 Å². The molecule has 0 bridgehead atoms. The van der Waals surface area contributed by atoms with Crippen molar-refractivity contribution >= 4 is 28.3 Å². The van der Waals surface area contributed by atoms with Crippen molar-refractivity contribution in [3.63, 3.8) is 0 Å². The highest BCUT2D eigenvalue weighted by Gasteiger charge is 2.25. The van der Waals surface area contributed by atoms with E-state index in [9.17, 15) is 4.39 Å². The molecule has 1 aliphatic heterocycles. The fourth-order valence-electron chi connectivity index (χ4n) is 3.15. The van der Waals surface area contributed by atoms with Crippen molar-refractivity contribution in [3.05, 3.63) is 46.2 Å². The zero-order valence-corrected chi connectivity index (χ0v) is 16.2. The van der Waals surface area contributed by atoms with Crippen LogP contribution in [0.4, 0.5) is 4.39 Å². The zero-order valence-electron chi connectivity index (χ0n) is 13.8. The molecule has 0 aromatic heterocycles. The lowest BCUT2D eigenvalue weighted by Crippen LogP contribution is -2.45. The summed E-state index contributed by atoms with van der Waals surface area (Å²) in [5.74, 6) is -0.0459. The van der Waals surface area contributed by atoms with Crippen LogP contribution >= 0.6 is 28.3 Å². The monoisotopic (exact) mass is 404 g/mol. The fraction of sp³-hybridized carbons (Fsp3) is 0.556. The molecule has 0 aliphatic carbocycles. The summed E-state index contributed by atoms with van der Waals surface area (Å²) in [7, 11) is 0. The summed E-state index contributed by atoms with van der Waals surface area (Å²) in [6.07, 6.45) is 6.23. The maximum absolute atomic E-state index is 14.7. The number of allylic oxidation sites excluding steroid dienone is 1. The van der Waals surface area contributed by atoms with Crippen LogP contribution in [0.5, 0.6) is 0 Å². The largest absolute Gasteiger partial charge is 0.314 e. The summed E-state index contributed by atoms with van der Waals surface area (Å²) in [5, 5.41) is 3.38. The highest BCUT2D eigenvalue weighted by molar-refractivity contribution is 9.10. The van der Waals surface area contributed by atoms with Gasteiger partial charge in [0.15, 0.2) is 0 Å². The SMILES string of the molecule is C=CCCCC[C@H](c1cc(Br)cc(C)c1F)N1CCNCC1.Cl. The third kappa shape index (κ3) is 5.86. The Morgan fingerprint density at radius 2 is 2.04 bits per heavy atom. The Labute approximate surface area is 154 Å². The summed E-state index contributed by atoms with van der Waals surface area (Å²) in [4.78, 5) is 2.43. The van der Waals surface area contributed by atoms with E-state index in [-0.39, 0.29) is 24.3 Å². The van der Waals surface area contributed by atoms with Gasteiger partial charge >= 0.3 is 0 Å². The van der Waals surface area contributed by atoms with E-state index < -0.39 is 0 Å². The lowest BCUT2D eigenvalue weighted by molar-refractivity contribution is 0.159. The molecule has 2 nitrogen and oxygen atoms in total. The second-order valence-electron chi connectivity index (χ2n) is 6.00. The zero-order chi connectivity index (χ0) is 15.9. The van der Waals surface area contributed by atoms with Gasteiger partial charge in [0.05, 0.1) is 0 Å². The quantitative estimate of drug-likeness (QED) is 0.506. The summed E-state index contributed by atoms with van der Waals surface area (Å²) >= 11 is 3.52. The number of piperazine rings is 1. The van der Waals surface area contributed by atoms with Gasteiger partial charge in [0.25, 0.3) is 0 Å². The molecule has 0 amide bonds. The molecule has 1 heterocycles. The maximum atomic E-state index is 14.7. The maximum Gasteiger partial charge on any atom is 0.130 e. The van der Waals surface area contributed by atoms with Crippen molar-refractivity contribution in [2.24, 2.45) is 0 Å². The van der Waals surface area contributed by atoms with Crippen molar-refractivity contribution in [2.75, 3.05) is 26.2 Å². The first-order valence-corrected chi connectivity index (χ1v) is 8.94. The van der Waals surface area contributed by atoms with Gasteiger partial charge in [-0.15, -0.1) is 19.0 Å². The van der Waals surface area contributed by atoms with Crippen molar-refractivity contribution in [3.8, 4) is 0 Å². The Bertz CT molecular complexity index is 504. The van der Waals surface area contributed by atoms with Gasteiger partial charge in [-0.3, -0.25) is 4.90 Å². The molecule has 23 heavy (non-hydrogen) atoms. The van der Waals surface area contributed by atoms with Crippen LogP contribution in [0.3, 0.4) is 0 Å². The molecule has 1 fully saturated rings. The number of halogens is 3. The van der Waals surface area contributed by atoms with Gasteiger partial charge < -0.3 is 5.32 Å². The molecule has 0 unspecified atom stereocenters.